The summed E-state index contributed by atoms with van der Waals surface area (Å²) >= 11 is 0. The summed E-state index contributed by atoms with van der Waals surface area (Å²) in [5.74, 6) is 3.83. The van der Waals surface area contributed by atoms with Gasteiger partial charge in [-0.15, -0.1) is 0 Å². The Balaban J connectivity index is 1.49. The summed E-state index contributed by atoms with van der Waals surface area (Å²) in [7, 11) is -1.65. The lowest BCUT2D eigenvalue weighted by atomic mass is 9.45. The molecule has 0 aliphatic heterocycles. The average molecular weight is 417 g/mol. The van der Waals surface area contributed by atoms with Crippen molar-refractivity contribution >= 4 is 8.32 Å². The predicted molar refractivity (Wildman–Crippen MR) is 128 cm³/mol. The summed E-state index contributed by atoms with van der Waals surface area (Å²) in [5.41, 5.74) is 2.90. The lowest BCUT2D eigenvalue weighted by Gasteiger charge is -2.61. The highest BCUT2D eigenvalue weighted by Gasteiger charge is 2.59. The van der Waals surface area contributed by atoms with Crippen molar-refractivity contribution in [3.8, 4) is 0 Å². The van der Waals surface area contributed by atoms with Crippen molar-refractivity contribution < 1.29 is 4.43 Å². The SMILES string of the molecule is CC=C1CCC2C3CCC4C[C@@H](O[Si](C)(C)C(C)(C)C)CC[C@]4(C)C3CC[C@]12C. The molecule has 0 N–H and O–H groups in total. The van der Waals surface area contributed by atoms with E-state index >= 15 is 0 Å². The summed E-state index contributed by atoms with van der Waals surface area (Å²) in [5, 5.41) is 0.326. The van der Waals surface area contributed by atoms with E-state index in [2.05, 4.69) is 60.7 Å². The molecule has 0 saturated heterocycles. The Morgan fingerprint density at radius 2 is 1.69 bits per heavy atom. The molecule has 0 aromatic carbocycles. The first-order valence-electron chi connectivity index (χ1n) is 12.8. The summed E-state index contributed by atoms with van der Waals surface area (Å²) < 4.78 is 6.92. The maximum Gasteiger partial charge on any atom is 0.192 e. The lowest BCUT2D eigenvalue weighted by molar-refractivity contribution is -0.114. The van der Waals surface area contributed by atoms with Crippen LogP contribution in [0, 0.1) is 34.5 Å². The second kappa shape index (κ2) is 7.22. The topological polar surface area (TPSA) is 9.23 Å². The molecule has 0 bridgehead atoms. The second-order valence-electron chi connectivity index (χ2n) is 13.2. The number of fused-ring (bicyclic) bond motifs is 5. The number of rotatable bonds is 2. The van der Waals surface area contributed by atoms with Gasteiger partial charge in [-0.05, 0) is 117 Å². The normalized spacial score (nSPS) is 46.9. The van der Waals surface area contributed by atoms with Gasteiger partial charge >= 0.3 is 0 Å². The Kier molecular flexibility index (Phi) is 5.51. The fourth-order valence-corrected chi connectivity index (χ4v) is 9.64. The fraction of sp³-hybridized carbons (Fsp3) is 0.926. The van der Waals surface area contributed by atoms with E-state index in [4.69, 9.17) is 4.43 Å². The molecule has 4 unspecified atom stereocenters. The van der Waals surface area contributed by atoms with Gasteiger partial charge in [-0.3, -0.25) is 0 Å². The zero-order valence-electron chi connectivity index (χ0n) is 20.7. The summed E-state index contributed by atoms with van der Waals surface area (Å²) in [6.45, 7) is 19.7. The first-order valence-corrected chi connectivity index (χ1v) is 15.7. The first kappa shape index (κ1) is 22.1. The molecule has 4 aliphatic carbocycles. The number of allylic oxidation sites excluding steroid dienone is 2. The molecule has 2 heteroatoms. The Labute approximate surface area is 182 Å². The van der Waals surface area contributed by atoms with Gasteiger partial charge in [0.1, 0.15) is 0 Å². The quantitative estimate of drug-likeness (QED) is 0.324. The van der Waals surface area contributed by atoms with Crippen molar-refractivity contribution in [1.29, 1.82) is 0 Å². The maximum atomic E-state index is 6.92. The maximum absolute atomic E-state index is 6.92. The molecule has 166 valence electrons. The zero-order valence-corrected chi connectivity index (χ0v) is 21.7. The molecule has 4 aliphatic rings. The molecule has 0 heterocycles. The van der Waals surface area contributed by atoms with E-state index in [1.165, 1.54) is 57.8 Å². The molecule has 7 atom stereocenters. The van der Waals surface area contributed by atoms with Gasteiger partial charge in [0.25, 0.3) is 0 Å². The smallest absolute Gasteiger partial charge is 0.192 e. The minimum Gasteiger partial charge on any atom is -0.414 e. The molecule has 4 saturated carbocycles. The minimum absolute atomic E-state index is 0.326. The van der Waals surface area contributed by atoms with Gasteiger partial charge in [0.05, 0.1) is 0 Å². The van der Waals surface area contributed by atoms with Crippen LogP contribution < -0.4 is 0 Å². The van der Waals surface area contributed by atoms with Gasteiger partial charge in [-0.25, -0.2) is 0 Å². The fourth-order valence-electron chi connectivity index (χ4n) is 8.24. The van der Waals surface area contributed by atoms with Crippen LogP contribution in [0.2, 0.25) is 18.1 Å². The molecule has 0 aromatic rings. The third-order valence-electron chi connectivity index (χ3n) is 11.1. The van der Waals surface area contributed by atoms with Crippen LogP contribution in [0.25, 0.3) is 0 Å². The van der Waals surface area contributed by atoms with E-state index in [0.717, 1.165) is 23.7 Å². The Hall–Kier alpha value is -0.0831. The molecular weight excluding hydrogens is 368 g/mol. The van der Waals surface area contributed by atoms with Crippen LogP contribution in [-0.2, 0) is 4.43 Å². The van der Waals surface area contributed by atoms with E-state index in [-0.39, 0.29) is 0 Å². The van der Waals surface area contributed by atoms with Crippen molar-refractivity contribution in [2.45, 2.75) is 124 Å². The summed E-state index contributed by atoms with van der Waals surface area (Å²) in [6.07, 6.45) is 15.8. The van der Waals surface area contributed by atoms with Gasteiger partial charge in [0.2, 0.25) is 0 Å². The van der Waals surface area contributed by atoms with Crippen LogP contribution in [0.1, 0.15) is 99.3 Å². The lowest BCUT2D eigenvalue weighted by Crippen LogP contribution is -2.54. The highest BCUT2D eigenvalue weighted by molar-refractivity contribution is 6.74. The molecule has 4 rings (SSSR count). The molecule has 0 radical (unpaired) electrons. The van der Waals surface area contributed by atoms with Gasteiger partial charge in [0.15, 0.2) is 8.32 Å². The Morgan fingerprint density at radius 1 is 0.966 bits per heavy atom. The van der Waals surface area contributed by atoms with E-state index in [0.29, 0.717) is 22.0 Å². The Morgan fingerprint density at radius 3 is 2.34 bits per heavy atom. The van der Waals surface area contributed by atoms with Gasteiger partial charge in [-0.1, -0.05) is 46.3 Å². The highest BCUT2D eigenvalue weighted by Crippen LogP contribution is 2.67. The van der Waals surface area contributed by atoms with Crippen LogP contribution in [0.4, 0.5) is 0 Å². The third kappa shape index (κ3) is 3.43. The van der Waals surface area contributed by atoms with Gasteiger partial charge < -0.3 is 4.43 Å². The monoisotopic (exact) mass is 416 g/mol. The van der Waals surface area contributed by atoms with Crippen molar-refractivity contribution in [3.63, 3.8) is 0 Å². The predicted octanol–water partition coefficient (Wildman–Crippen LogP) is 8.37. The molecule has 0 aromatic heterocycles. The molecule has 0 spiro atoms. The van der Waals surface area contributed by atoms with Crippen molar-refractivity contribution in [1.82, 2.24) is 0 Å². The van der Waals surface area contributed by atoms with Crippen LogP contribution in [0.5, 0.6) is 0 Å². The second-order valence-corrected chi connectivity index (χ2v) is 18.0. The number of hydrogen-bond donors (Lipinski definition) is 0. The largest absolute Gasteiger partial charge is 0.414 e. The summed E-state index contributed by atoms with van der Waals surface area (Å²) in [4.78, 5) is 0. The average Bonchev–Trinajstić information content (AvgIpc) is 2.97. The van der Waals surface area contributed by atoms with Gasteiger partial charge in [-0.2, -0.15) is 0 Å². The van der Waals surface area contributed by atoms with Crippen LogP contribution in [-0.4, -0.2) is 14.4 Å². The standard InChI is InChI=1S/C27H48OSi/c1-9-19-11-13-23-22-12-10-20-18-21(28-29(7,8)25(2,3)4)14-16-27(20,6)24(22)15-17-26(19,23)5/h9,20-24H,10-18H2,1-8H3/t20?,21-,22?,23?,24?,26+,27-/m0/s1. The van der Waals surface area contributed by atoms with E-state index in [1.807, 2.05) is 0 Å². The van der Waals surface area contributed by atoms with Crippen molar-refractivity contribution in [2.75, 3.05) is 0 Å². The number of hydrogen-bond acceptors (Lipinski definition) is 1. The summed E-state index contributed by atoms with van der Waals surface area (Å²) in [6, 6.07) is 0. The van der Waals surface area contributed by atoms with Crippen LogP contribution >= 0.6 is 0 Å². The zero-order chi connectivity index (χ0) is 21.2. The van der Waals surface area contributed by atoms with Crippen molar-refractivity contribution in [2.24, 2.45) is 34.5 Å². The van der Waals surface area contributed by atoms with Crippen LogP contribution in [0.15, 0.2) is 11.6 Å². The van der Waals surface area contributed by atoms with E-state index in [1.54, 1.807) is 5.57 Å². The van der Waals surface area contributed by atoms with E-state index in [9.17, 15) is 0 Å². The molecule has 0 amide bonds. The minimum atomic E-state index is -1.65. The van der Waals surface area contributed by atoms with Gasteiger partial charge in [0, 0.05) is 6.10 Å². The molecule has 29 heavy (non-hydrogen) atoms. The van der Waals surface area contributed by atoms with E-state index < -0.39 is 8.32 Å². The van der Waals surface area contributed by atoms with Crippen molar-refractivity contribution in [3.05, 3.63) is 11.6 Å². The Bertz CT molecular complexity index is 658. The molecule has 4 fully saturated rings. The third-order valence-corrected chi connectivity index (χ3v) is 15.6. The van der Waals surface area contributed by atoms with Crippen LogP contribution in [0.3, 0.4) is 0 Å². The molecular formula is C27H48OSi. The highest BCUT2D eigenvalue weighted by atomic mass is 28.4. The first-order chi connectivity index (χ1) is 13.4. The molecule has 1 nitrogen and oxygen atoms in total.